The van der Waals surface area contributed by atoms with Gasteiger partial charge in [-0.3, -0.25) is 0 Å². The Hall–Kier alpha value is -0.280. The lowest BCUT2D eigenvalue weighted by atomic mass is 10.0. The van der Waals surface area contributed by atoms with Crippen LogP contribution in [0.1, 0.15) is 44.2 Å². The molecule has 1 unspecified atom stereocenters. The van der Waals surface area contributed by atoms with Gasteiger partial charge in [-0.2, -0.15) is 0 Å². The highest BCUT2D eigenvalue weighted by molar-refractivity contribution is 6.35. The first-order chi connectivity index (χ1) is 9.19. The van der Waals surface area contributed by atoms with Crippen molar-refractivity contribution in [3.63, 3.8) is 0 Å². The molecule has 2 nitrogen and oxygen atoms in total. The second-order valence-corrected chi connectivity index (χ2v) is 5.48. The van der Waals surface area contributed by atoms with Crippen molar-refractivity contribution in [1.29, 1.82) is 0 Å². The number of ether oxygens (including phenoxy) is 1. The third-order valence-electron chi connectivity index (χ3n) is 3.16. The Kier molecular flexibility index (Phi) is 8.47. The van der Waals surface area contributed by atoms with Crippen LogP contribution in [0.3, 0.4) is 0 Å². The van der Waals surface area contributed by atoms with E-state index in [4.69, 9.17) is 27.9 Å². The highest BCUT2D eigenvalue weighted by Crippen LogP contribution is 2.27. The van der Waals surface area contributed by atoms with E-state index in [1.165, 1.54) is 6.42 Å². The SMILES string of the molecule is CCC(NCCCCCOC)c1ccc(Cl)cc1Cl. The molecule has 0 radical (unpaired) electrons. The van der Waals surface area contributed by atoms with Crippen LogP contribution in [0.5, 0.6) is 0 Å². The minimum atomic E-state index is 0.298. The average molecular weight is 304 g/mol. The second kappa shape index (κ2) is 9.60. The molecule has 0 saturated carbocycles. The number of rotatable bonds is 9. The van der Waals surface area contributed by atoms with E-state index in [9.17, 15) is 0 Å². The standard InChI is InChI=1S/C15H23Cl2NO/c1-3-15(18-9-5-4-6-10-19-2)13-8-7-12(16)11-14(13)17/h7-8,11,15,18H,3-6,9-10H2,1-2H3. The molecule has 0 aliphatic carbocycles. The van der Waals surface area contributed by atoms with E-state index in [0.29, 0.717) is 11.1 Å². The van der Waals surface area contributed by atoms with Crippen molar-refractivity contribution in [2.24, 2.45) is 0 Å². The fourth-order valence-electron chi connectivity index (χ4n) is 2.08. The van der Waals surface area contributed by atoms with Gasteiger partial charge in [0.05, 0.1) is 0 Å². The summed E-state index contributed by atoms with van der Waals surface area (Å²) in [6.45, 7) is 4.01. The molecule has 0 aliphatic heterocycles. The predicted octanol–water partition coefficient (Wildman–Crippen LogP) is 4.85. The van der Waals surface area contributed by atoms with Crippen molar-refractivity contribution in [3.05, 3.63) is 33.8 Å². The van der Waals surface area contributed by atoms with E-state index in [2.05, 4.69) is 12.2 Å². The summed E-state index contributed by atoms with van der Waals surface area (Å²) < 4.78 is 5.04. The van der Waals surface area contributed by atoms with Crippen LogP contribution in [-0.4, -0.2) is 20.3 Å². The molecule has 1 aromatic rings. The highest BCUT2D eigenvalue weighted by Gasteiger charge is 2.12. The molecule has 1 atom stereocenters. The third kappa shape index (κ3) is 6.13. The van der Waals surface area contributed by atoms with Crippen molar-refractivity contribution in [2.45, 2.75) is 38.6 Å². The minimum absolute atomic E-state index is 0.298. The first-order valence-corrected chi connectivity index (χ1v) is 7.62. The number of benzene rings is 1. The van der Waals surface area contributed by atoms with Crippen LogP contribution >= 0.6 is 23.2 Å². The number of hydrogen-bond acceptors (Lipinski definition) is 2. The Labute approximate surface area is 126 Å². The molecule has 19 heavy (non-hydrogen) atoms. The molecular formula is C15H23Cl2NO. The van der Waals surface area contributed by atoms with Crippen LogP contribution in [0.2, 0.25) is 10.0 Å². The number of nitrogens with one attached hydrogen (secondary N) is 1. The predicted molar refractivity (Wildman–Crippen MR) is 83.2 cm³/mol. The maximum atomic E-state index is 6.24. The summed E-state index contributed by atoms with van der Waals surface area (Å²) in [7, 11) is 1.74. The molecule has 4 heteroatoms. The lowest BCUT2D eigenvalue weighted by Crippen LogP contribution is -2.22. The summed E-state index contributed by atoms with van der Waals surface area (Å²) in [6.07, 6.45) is 4.48. The quantitative estimate of drug-likeness (QED) is 0.658. The van der Waals surface area contributed by atoms with Gasteiger partial charge in [0, 0.05) is 29.8 Å². The molecule has 1 N–H and O–H groups in total. The number of methoxy groups -OCH3 is 1. The maximum absolute atomic E-state index is 6.24. The molecular weight excluding hydrogens is 281 g/mol. The molecule has 0 saturated heterocycles. The van der Waals surface area contributed by atoms with E-state index >= 15 is 0 Å². The molecule has 1 aromatic carbocycles. The lowest BCUT2D eigenvalue weighted by Gasteiger charge is -2.19. The molecule has 0 spiro atoms. The van der Waals surface area contributed by atoms with Crippen LogP contribution in [0.4, 0.5) is 0 Å². The summed E-state index contributed by atoms with van der Waals surface area (Å²) in [4.78, 5) is 0. The van der Waals surface area contributed by atoms with Gasteiger partial charge in [0.2, 0.25) is 0 Å². The van der Waals surface area contributed by atoms with Crippen LogP contribution in [0.15, 0.2) is 18.2 Å². The molecule has 0 fully saturated rings. The molecule has 0 heterocycles. The fraction of sp³-hybridized carbons (Fsp3) is 0.600. The normalized spacial score (nSPS) is 12.6. The van der Waals surface area contributed by atoms with Crippen LogP contribution < -0.4 is 5.32 Å². The van der Waals surface area contributed by atoms with Gasteiger partial charge >= 0.3 is 0 Å². The van der Waals surface area contributed by atoms with Gasteiger partial charge in [0.25, 0.3) is 0 Å². The summed E-state index contributed by atoms with van der Waals surface area (Å²) in [5.41, 5.74) is 1.13. The second-order valence-electron chi connectivity index (χ2n) is 4.63. The first kappa shape index (κ1) is 16.8. The zero-order valence-electron chi connectivity index (χ0n) is 11.7. The first-order valence-electron chi connectivity index (χ1n) is 6.86. The van der Waals surface area contributed by atoms with E-state index in [1.54, 1.807) is 13.2 Å². The van der Waals surface area contributed by atoms with E-state index in [1.807, 2.05) is 12.1 Å². The van der Waals surface area contributed by atoms with Crippen molar-refractivity contribution in [1.82, 2.24) is 5.32 Å². The Morgan fingerprint density at radius 2 is 2.00 bits per heavy atom. The van der Waals surface area contributed by atoms with Crippen molar-refractivity contribution in [2.75, 3.05) is 20.3 Å². The van der Waals surface area contributed by atoms with Gasteiger partial charge in [-0.25, -0.2) is 0 Å². The van der Waals surface area contributed by atoms with Gasteiger partial charge < -0.3 is 10.1 Å². The fourth-order valence-corrected chi connectivity index (χ4v) is 2.62. The Morgan fingerprint density at radius 1 is 1.21 bits per heavy atom. The smallest absolute Gasteiger partial charge is 0.0468 e. The van der Waals surface area contributed by atoms with Crippen molar-refractivity contribution in [3.8, 4) is 0 Å². The molecule has 0 bridgehead atoms. The maximum Gasteiger partial charge on any atom is 0.0468 e. The summed E-state index contributed by atoms with van der Waals surface area (Å²) in [5, 5.41) is 4.98. The average Bonchev–Trinajstić information content (AvgIpc) is 2.39. The van der Waals surface area contributed by atoms with Gasteiger partial charge in [-0.1, -0.05) is 36.2 Å². The highest BCUT2D eigenvalue weighted by atomic mass is 35.5. The molecule has 0 aromatic heterocycles. The van der Waals surface area contributed by atoms with Crippen molar-refractivity contribution >= 4 is 23.2 Å². The summed E-state index contributed by atoms with van der Waals surface area (Å²) in [5.74, 6) is 0. The topological polar surface area (TPSA) is 21.3 Å². The number of unbranched alkanes of at least 4 members (excludes halogenated alkanes) is 2. The zero-order valence-corrected chi connectivity index (χ0v) is 13.2. The molecule has 0 amide bonds. The summed E-state index contributed by atoms with van der Waals surface area (Å²) in [6, 6.07) is 6.01. The minimum Gasteiger partial charge on any atom is -0.385 e. The van der Waals surface area contributed by atoms with Gasteiger partial charge in [-0.05, 0) is 49.9 Å². The molecule has 108 valence electrons. The monoisotopic (exact) mass is 303 g/mol. The van der Waals surface area contributed by atoms with E-state index in [0.717, 1.165) is 43.0 Å². The van der Waals surface area contributed by atoms with E-state index < -0.39 is 0 Å². The van der Waals surface area contributed by atoms with E-state index in [-0.39, 0.29) is 0 Å². The summed E-state index contributed by atoms with van der Waals surface area (Å²) >= 11 is 12.2. The van der Waals surface area contributed by atoms with Gasteiger partial charge in [-0.15, -0.1) is 0 Å². The molecule has 0 aliphatic rings. The zero-order chi connectivity index (χ0) is 14.1. The van der Waals surface area contributed by atoms with Crippen molar-refractivity contribution < 1.29 is 4.74 Å². The number of halogens is 2. The van der Waals surface area contributed by atoms with Crippen LogP contribution in [0.25, 0.3) is 0 Å². The third-order valence-corrected chi connectivity index (χ3v) is 3.72. The van der Waals surface area contributed by atoms with Gasteiger partial charge in [0.15, 0.2) is 0 Å². The van der Waals surface area contributed by atoms with Gasteiger partial charge in [0.1, 0.15) is 0 Å². The Morgan fingerprint density at radius 3 is 2.63 bits per heavy atom. The Balaban J connectivity index is 2.40. The largest absolute Gasteiger partial charge is 0.385 e. The Bertz CT molecular complexity index is 371. The number of hydrogen-bond donors (Lipinski definition) is 1. The molecule has 1 rings (SSSR count). The van der Waals surface area contributed by atoms with Crippen LogP contribution in [0, 0.1) is 0 Å². The lowest BCUT2D eigenvalue weighted by molar-refractivity contribution is 0.192. The van der Waals surface area contributed by atoms with Crippen LogP contribution in [-0.2, 0) is 4.74 Å².